The Kier molecular flexibility index (Phi) is 2.94. The standard InChI is InChI=1S/C15H14N4O2/c1-9-13(10(2)20)15-18(12-7-5-4-6-8-12)16-17-19(15)14(9)11(3)21/h4-8H,1-3H3. The van der Waals surface area contributed by atoms with E-state index >= 15 is 0 Å². The SMILES string of the molecule is CC(=O)c1c(C)c(C(C)=O)n2nnn(-c3ccccc3)c12. The van der Waals surface area contributed by atoms with Gasteiger partial charge in [0.2, 0.25) is 0 Å². The van der Waals surface area contributed by atoms with Crippen LogP contribution in [0.5, 0.6) is 0 Å². The van der Waals surface area contributed by atoms with Gasteiger partial charge in [0.05, 0.1) is 11.3 Å². The smallest absolute Gasteiger partial charge is 0.178 e. The highest BCUT2D eigenvalue weighted by Crippen LogP contribution is 2.25. The quantitative estimate of drug-likeness (QED) is 0.691. The van der Waals surface area contributed by atoms with Crippen molar-refractivity contribution in [2.75, 3.05) is 0 Å². The number of ketones is 2. The lowest BCUT2D eigenvalue weighted by Gasteiger charge is -2.01. The lowest BCUT2D eigenvalue weighted by Crippen LogP contribution is -2.03. The molecule has 0 aliphatic carbocycles. The average molecular weight is 282 g/mol. The number of tetrazole rings is 1. The van der Waals surface area contributed by atoms with E-state index in [9.17, 15) is 9.59 Å². The number of Topliss-reactive ketones (excluding diaryl/α,β-unsaturated/α-hetero) is 2. The van der Waals surface area contributed by atoms with Gasteiger partial charge in [-0.15, -0.1) is 0 Å². The van der Waals surface area contributed by atoms with Crippen molar-refractivity contribution in [3.63, 3.8) is 0 Å². The van der Waals surface area contributed by atoms with Crippen molar-refractivity contribution < 1.29 is 9.59 Å². The molecule has 6 nitrogen and oxygen atoms in total. The number of hydrogen-bond donors (Lipinski definition) is 0. The van der Waals surface area contributed by atoms with E-state index in [1.54, 1.807) is 11.6 Å². The first kappa shape index (κ1) is 13.2. The summed E-state index contributed by atoms with van der Waals surface area (Å²) >= 11 is 0. The third-order valence-corrected chi connectivity index (χ3v) is 3.47. The first-order valence-corrected chi connectivity index (χ1v) is 6.56. The Morgan fingerprint density at radius 3 is 2.24 bits per heavy atom. The minimum absolute atomic E-state index is 0.114. The van der Waals surface area contributed by atoms with Crippen LogP contribution < -0.4 is 0 Å². The molecule has 3 rings (SSSR count). The molecule has 0 bridgehead atoms. The summed E-state index contributed by atoms with van der Waals surface area (Å²) in [4.78, 5) is 23.9. The Morgan fingerprint density at radius 1 is 1.00 bits per heavy atom. The molecule has 0 fully saturated rings. The molecule has 0 saturated carbocycles. The highest BCUT2D eigenvalue weighted by Gasteiger charge is 2.25. The van der Waals surface area contributed by atoms with Gasteiger partial charge in [-0.1, -0.05) is 18.2 Å². The number of aromatic nitrogens is 4. The Labute approximate surface area is 121 Å². The van der Waals surface area contributed by atoms with Crippen LogP contribution in [0.1, 0.15) is 40.3 Å². The molecule has 0 saturated heterocycles. The third-order valence-electron chi connectivity index (χ3n) is 3.47. The number of carbonyl (C=O) groups excluding carboxylic acids is 2. The molecular weight excluding hydrogens is 268 g/mol. The minimum Gasteiger partial charge on any atom is -0.294 e. The summed E-state index contributed by atoms with van der Waals surface area (Å²) in [5.74, 6) is -0.257. The fourth-order valence-electron chi connectivity index (χ4n) is 2.64. The molecule has 0 amide bonds. The molecule has 0 N–H and O–H groups in total. The zero-order valence-electron chi connectivity index (χ0n) is 12.0. The van der Waals surface area contributed by atoms with E-state index in [0.717, 1.165) is 5.69 Å². The van der Waals surface area contributed by atoms with E-state index in [0.29, 0.717) is 22.5 Å². The van der Waals surface area contributed by atoms with Crippen LogP contribution in [0, 0.1) is 6.92 Å². The Bertz CT molecular complexity index is 859. The maximum absolute atomic E-state index is 12.0. The van der Waals surface area contributed by atoms with Crippen molar-refractivity contribution in [2.24, 2.45) is 0 Å². The molecule has 0 aliphatic heterocycles. The molecule has 1 aromatic carbocycles. The summed E-state index contributed by atoms with van der Waals surface area (Å²) in [5, 5.41) is 8.11. The summed E-state index contributed by atoms with van der Waals surface area (Å²) < 4.78 is 3.03. The topological polar surface area (TPSA) is 69.3 Å². The number of hydrogen-bond acceptors (Lipinski definition) is 4. The van der Waals surface area contributed by atoms with Gasteiger partial charge in [0.15, 0.2) is 17.2 Å². The van der Waals surface area contributed by atoms with Gasteiger partial charge in [0, 0.05) is 6.92 Å². The summed E-state index contributed by atoms with van der Waals surface area (Å²) in [6.07, 6.45) is 0. The zero-order chi connectivity index (χ0) is 15.1. The van der Waals surface area contributed by atoms with Crippen LogP contribution in [0.4, 0.5) is 0 Å². The molecule has 21 heavy (non-hydrogen) atoms. The van der Waals surface area contributed by atoms with E-state index in [2.05, 4.69) is 10.4 Å². The summed E-state index contributed by atoms with van der Waals surface area (Å²) in [7, 11) is 0. The van der Waals surface area contributed by atoms with Crippen LogP contribution in [-0.4, -0.2) is 31.2 Å². The number of rotatable bonds is 3. The highest BCUT2D eigenvalue weighted by atomic mass is 16.1. The summed E-state index contributed by atoms with van der Waals surface area (Å²) in [6.45, 7) is 4.70. The first-order valence-electron chi connectivity index (χ1n) is 6.56. The summed E-state index contributed by atoms with van der Waals surface area (Å²) in [6, 6.07) is 9.39. The predicted octanol–water partition coefficient (Wildman–Crippen LogP) is 2.23. The number of para-hydroxylation sites is 1. The predicted molar refractivity (Wildman–Crippen MR) is 77.1 cm³/mol. The molecule has 0 spiro atoms. The van der Waals surface area contributed by atoms with Gasteiger partial charge in [-0.05, 0) is 42.0 Å². The monoisotopic (exact) mass is 282 g/mol. The molecule has 3 aromatic rings. The van der Waals surface area contributed by atoms with E-state index in [1.807, 2.05) is 30.3 Å². The van der Waals surface area contributed by atoms with E-state index in [4.69, 9.17) is 0 Å². The first-order chi connectivity index (χ1) is 10.0. The number of fused-ring (bicyclic) bond motifs is 1. The van der Waals surface area contributed by atoms with E-state index < -0.39 is 0 Å². The van der Waals surface area contributed by atoms with Gasteiger partial charge in [-0.3, -0.25) is 9.59 Å². The van der Waals surface area contributed by atoms with Crippen LogP contribution in [0.15, 0.2) is 30.3 Å². The number of nitrogens with zero attached hydrogens (tertiary/aromatic N) is 4. The van der Waals surface area contributed by atoms with Crippen LogP contribution in [0.25, 0.3) is 11.3 Å². The van der Waals surface area contributed by atoms with Crippen molar-refractivity contribution in [2.45, 2.75) is 20.8 Å². The Hall–Kier alpha value is -2.76. The maximum atomic E-state index is 12.0. The lowest BCUT2D eigenvalue weighted by molar-refractivity contribution is 0.100. The zero-order valence-corrected chi connectivity index (χ0v) is 12.0. The fourth-order valence-corrected chi connectivity index (χ4v) is 2.64. The second-order valence-electron chi connectivity index (χ2n) is 4.92. The molecule has 6 heteroatoms. The molecule has 2 aromatic heterocycles. The van der Waals surface area contributed by atoms with Gasteiger partial charge in [0.25, 0.3) is 0 Å². The van der Waals surface area contributed by atoms with Crippen molar-refractivity contribution in [3.8, 4) is 5.69 Å². The van der Waals surface area contributed by atoms with E-state index in [1.165, 1.54) is 18.4 Å². The van der Waals surface area contributed by atoms with Crippen LogP contribution in [-0.2, 0) is 0 Å². The van der Waals surface area contributed by atoms with Gasteiger partial charge in [0.1, 0.15) is 5.69 Å². The molecule has 0 unspecified atom stereocenters. The van der Waals surface area contributed by atoms with Gasteiger partial charge in [-0.25, -0.2) is 0 Å². The molecule has 106 valence electrons. The van der Waals surface area contributed by atoms with Crippen molar-refractivity contribution in [3.05, 3.63) is 47.2 Å². The van der Waals surface area contributed by atoms with Gasteiger partial charge in [-0.2, -0.15) is 9.20 Å². The Morgan fingerprint density at radius 2 is 1.67 bits per heavy atom. The van der Waals surface area contributed by atoms with E-state index in [-0.39, 0.29) is 11.6 Å². The van der Waals surface area contributed by atoms with Crippen molar-refractivity contribution >= 4 is 17.2 Å². The molecule has 0 radical (unpaired) electrons. The number of carbonyl (C=O) groups is 2. The van der Waals surface area contributed by atoms with Crippen LogP contribution in [0.2, 0.25) is 0 Å². The van der Waals surface area contributed by atoms with Crippen molar-refractivity contribution in [1.29, 1.82) is 0 Å². The highest BCUT2D eigenvalue weighted by molar-refractivity contribution is 6.06. The average Bonchev–Trinajstić information content (AvgIpc) is 2.95. The van der Waals surface area contributed by atoms with Crippen LogP contribution in [0.3, 0.4) is 0 Å². The third kappa shape index (κ3) is 1.87. The van der Waals surface area contributed by atoms with Gasteiger partial charge < -0.3 is 0 Å². The maximum Gasteiger partial charge on any atom is 0.178 e. The summed E-state index contributed by atoms with van der Waals surface area (Å²) in [5.41, 5.74) is 2.84. The second kappa shape index (κ2) is 4.66. The molecular formula is C15H14N4O2. The largest absolute Gasteiger partial charge is 0.294 e. The molecule has 2 heterocycles. The minimum atomic E-state index is -0.143. The fraction of sp³-hybridized carbons (Fsp3) is 0.200. The van der Waals surface area contributed by atoms with Crippen LogP contribution >= 0.6 is 0 Å². The molecule has 0 aliphatic rings. The second-order valence-corrected chi connectivity index (χ2v) is 4.92. The Balaban J connectivity index is 2.43. The van der Waals surface area contributed by atoms with Crippen molar-refractivity contribution in [1.82, 2.24) is 19.6 Å². The lowest BCUT2D eigenvalue weighted by atomic mass is 10.1. The molecule has 0 atom stereocenters. The van der Waals surface area contributed by atoms with Gasteiger partial charge >= 0.3 is 0 Å². The number of benzene rings is 1. The normalized spacial score (nSPS) is 11.0.